The van der Waals surface area contributed by atoms with E-state index in [9.17, 15) is 4.79 Å². The van der Waals surface area contributed by atoms with Crippen molar-refractivity contribution >= 4 is 34.5 Å². The number of halogens is 1. The van der Waals surface area contributed by atoms with E-state index >= 15 is 0 Å². The van der Waals surface area contributed by atoms with E-state index in [1.807, 2.05) is 41.3 Å². The number of nitrogens with one attached hydrogen (secondary N) is 1. The second-order valence-electron chi connectivity index (χ2n) is 4.94. The van der Waals surface area contributed by atoms with Gasteiger partial charge in [0.2, 0.25) is 5.91 Å². The van der Waals surface area contributed by atoms with Gasteiger partial charge in [-0.3, -0.25) is 9.69 Å². The average molecular weight is 351 g/mol. The minimum Gasteiger partial charge on any atom is -0.497 e. The molecule has 1 aromatic carbocycles. The Morgan fingerprint density at radius 1 is 1.35 bits per heavy atom. The number of anilines is 1. The molecule has 0 aliphatic heterocycles. The van der Waals surface area contributed by atoms with Gasteiger partial charge in [-0.25, -0.2) is 0 Å². The molecule has 1 heterocycles. The number of nitrogens with zero attached hydrogens (tertiary/aromatic N) is 1. The van der Waals surface area contributed by atoms with Crippen molar-refractivity contribution < 1.29 is 9.53 Å². The summed E-state index contributed by atoms with van der Waals surface area (Å²) in [4.78, 5) is 15.3. The molecule has 0 saturated carbocycles. The number of benzene rings is 1. The van der Waals surface area contributed by atoms with Gasteiger partial charge in [-0.15, -0.1) is 17.9 Å². The van der Waals surface area contributed by atoms with Crippen molar-refractivity contribution in [2.24, 2.45) is 0 Å². The van der Waals surface area contributed by atoms with Gasteiger partial charge in [0.05, 0.1) is 18.0 Å². The van der Waals surface area contributed by atoms with Crippen molar-refractivity contribution in [3.63, 3.8) is 0 Å². The lowest BCUT2D eigenvalue weighted by Gasteiger charge is -2.19. The van der Waals surface area contributed by atoms with Gasteiger partial charge >= 0.3 is 0 Å². The fraction of sp³-hybridized carbons (Fsp3) is 0.235. The van der Waals surface area contributed by atoms with E-state index in [1.165, 1.54) is 11.3 Å². The highest BCUT2D eigenvalue weighted by Gasteiger charge is 2.12. The van der Waals surface area contributed by atoms with E-state index in [2.05, 4.69) is 11.9 Å². The molecule has 0 fully saturated rings. The number of amides is 1. The number of carbonyl (C=O) groups excluding carboxylic acids is 1. The Balaban J connectivity index is 1.92. The van der Waals surface area contributed by atoms with Crippen molar-refractivity contribution in [3.05, 3.63) is 58.3 Å². The van der Waals surface area contributed by atoms with Gasteiger partial charge in [-0.05, 0) is 36.4 Å². The zero-order valence-corrected chi connectivity index (χ0v) is 14.5. The maximum atomic E-state index is 12.2. The van der Waals surface area contributed by atoms with Crippen LogP contribution in [0.4, 0.5) is 5.69 Å². The molecular weight excluding hydrogens is 332 g/mol. The van der Waals surface area contributed by atoms with Crippen LogP contribution in [0.2, 0.25) is 4.34 Å². The fourth-order valence-electron chi connectivity index (χ4n) is 2.10. The molecule has 0 spiro atoms. The van der Waals surface area contributed by atoms with E-state index in [0.29, 0.717) is 13.1 Å². The molecule has 0 aliphatic carbocycles. The molecule has 2 rings (SSSR count). The van der Waals surface area contributed by atoms with Crippen molar-refractivity contribution in [1.29, 1.82) is 0 Å². The first kappa shape index (κ1) is 17.5. The Hall–Kier alpha value is -1.82. The van der Waals surface area contributed by atoms with E-state index in [-0.39, 0.29) is 12.5 Å². The zero-order valence-electron chi connectivity index (χ0n) is 12.9. The normalized spacial score (nSPS) is 10.6. The van der Waals surface area contributed by atoms with Gasteiger partial charge in [-0.1, -0.05) is 17.7 Å². The van der Waals surface area contributed by atoms with E-state index < -0.39 is 0 Å². The Bertz CT molecular complexity index is 655. The highest BCUT2D eigenvalue weighted by molar-refractivity contribution is 7.16. The average Bonchev–Trinajstić information content (AvgIpc) is 2.93. The molecule has 2 aromatic rings. The molecule has 1 aromatic heterocycles. The van der Waals surface area contributed by atoms with Gasteiger partial charge in [0.1, 0.15) is 5.75 Å². The first-order chi connectivity index (χ1) is 11.1. The molecule has 0 bridgehead atoms. The van der Waals surface area contributed by atoms with Gasteiger partial charge in [0.25, 0.3) is 0 Å². The molecule has 0 aliphatic rings. The van der Waals surface area contributed by atoms with Crippen LogP contribution in [0, 0.1) is 0 Å². The third kappa shape index (κ3) is 5.71. The Morgan fingerprint density at radius 2 is 2.09 bits per heavy atom. The maximum absolute atomic E-state index is 12.2. The summed E-state index contributed by atoms with van der Waals surface area (Å²) in [6, 6.07) is 11.1. The lowest BCUT2D eigenvalue weighted by atomic mass is 10.3. The quantitative estimate of drug-likeness (QED) is 0.730. The summed E-state index contributed by atoms with van der Waals surface area (Å²) < 4.78 is 5.85. The van der Waals surface area contributed by atoms with E-state index in [0.717, 1.165) is 20.7 Å². The molecule has 0 saturated heterocycles. The number of hydrogen-bond donors (Lipinski definition) is 1. The summed E-state index contributed by atoms with van der Waals surface area (Å²) in [6.45, 7) is 5.33. The number of hydrogen-bond acceptors (Lipinski definition) is 4. The van der Waals surface area contributed by atoms with Crippen LogP contribution in [-0.2, 0) is 11.3 Å². The molecule has 1 N–H and O–H groups in total. The highest BCUT2D eigenvalue weighted by atomic mass is 35.5. The largest absolute Gasteiger partial charge is 0.497 e. The van der Waals surface area contributed by atoms with E-state index in [1.54, 1.807) is 13.2 Å². The first-order valence-corrected chi connectivity index (χ1v) is 8.31. The number of thiophene rings is 1. The van der Waals surface area contributed by atoms with Crippen LogP contribution in [0.5, 0.6) is 5.75 Å². The lowest BCUT2D eigenvalue weighted by molar-refractivity contribution is -0.117. The summed E-state index contributed by atoms with van der Waals surface area (Å²) in [5.74, 6) is 0.686. The molecule has 0 atom stereocenters. The zero-order chi connectivity index (χ0) is 16.7. The van der Waals surface area contributed by atoms with Crippen LogP contribution >= 0.6 is 22.9 Å². The fourth-order valence-corrected chi connectivity index (χ4v) is 3.23. The van der Waals surface area contributed by atoms with E-state index in [4.69, 9.17) is 16.3 Å². The Labute approximate surface area is 145 Å². The predicted octanol–water partition coefficient (Wildman–Crippen LogP) is 4.04. The Kier molecular flexibility index (Phi) is 6.65. The van der Waals surface area contributed by atoms with Crippen molar-refractivity contribution in [3.8, 4) is 5.75 Å². The van der Waals surface area contributed by atoms with Crippen molar-refractivity contribution in [2.75, 3.05) is 25.5 Å². The monoisotopic (exact) mass is 350 g/mol. The van der Waals surface area contributed by atoms with Gasteiger partial charge in [0, 0.05) is 23.7 Å². The topological polar surface area (TPSA) is 41.6 Å². The minimum atomic E-state index is -0.0698. The third-order valence-electron chi connectivity index (χ3n) is 3.14. The van der Waals surface area contributed by atoms with Crippen LogP contribution in [-0.4, -0.2) is 31.0 Å². The maximum Gasteiger partial charge on any atom is 0.238 e. The molecule has 122 valence electrons. The molecule has 23 heavy (non-hydrogen) atoms. The third-order valence-corrected chi connectivity index (χ3v) is 4.35. The second-order valence-corrected chi connectivity index (χ2v) is 6.74. The summed E-state index contributed by atoms with van der Waals surface area (Å²) in [5.41, 5.74) is 0.744. The Morgan fingerprint density at radius 3 is 2.65 bits per heavy atom. The number of methoxy groups -OCH3 is 1. The molecule has 6 heteroatoms. The molecule has 1 amide bonds. The highest BCUT2D eigenvalue weighted by Crippen LogP contribution is 2.22. The van der Waals surface area contributed by atoms with Crippen LogP contribution in [0.15, 0.2) is 49.1 Å². The summed E-state index contributed by atoms with van der Waals surface area (Å²) in [6.07, 6.45) is 1.79. The van der Waals surface area contributed by atoms with Crippen LogP contribution in [0.1, 0.15) is 4.88 Å². The summed E-state index contributed by atoms with van der Waals surface area (Å²) in [5, 5.41) is 2.88. The molecule has 4 nitrogen and oxygen atoms in total. The molecule has 0 unspecified atom stereocenters. The van der Waals surface area contributed by atoms with Crippen LogP contribution in [0.25, 0.3) is 0 Å². The minimum absolute atomic E-state index is 0.0698. The van der Waals surface area contributed by atoms with Gasteiger partial charge in [0.15, 0.2) is 0 Å². The van der Waals surface area contributed by atoms with Crippen molar-refractivity contribution in [1.82, 2.24) is 4.90 Å². The second kappa shape index (κ2) is 8.72. The van der Waals surface area contributed by atoms with Gasteiger partial charge < -0.3 is 10.1 Å². The molecule has 0 radical (unpaired) electrons. The lowest BCUT2D eigenvalue weighted by Crippen LogP contribution is -2.32. The SMILES string of the molecule is C=CCN(CC(=O)Nc1ccc(OC)cc1)Cc1ccc(Cl)s1. The first-order valence-electron chi connectivity index (χ1n) is 7.12. The number of carbonyl (C=O) groups is 1. The predicted molar refractivity (Wildman–Crippen MR) is 96.4 cm³/mol. The smallest absolute Gasteiger partial charge is 0.238 e. The van der Waals surface area contributed by atoms with Gasteiger partial charge in [-0.2, -0.15) is 0 Å². The summed E-state index contributed by atoms with van der Waals surface area (Å²) >= 11 is 7.47. The number of ether oxygens (including phenoxy) is 1. The van der Waals surface area contributed by atoms with Crippen molar-refractivity contribution in [2.45, 2.75) is 6.54 Å². The molecular formula is C17H19ClN2O2S. The number of rotatable bonds is 8. The standard InChI is InChI=1S/C17H19ClN2O2S/c1-3-10-20(11-15-8-9-16(18)23-15)12-17(21)19-13-4-6-14(22-2)7-5-13/h3-9H,1,10-12H2,2H3,(H,19,21). The summed E-state index contributed by atoms with van der Waals surface area (Å²) in [7, 11) is 1.61. The van der Waals surface area contributed by atoms with Crippen LogP contribution in [0.3, 0.4) is 0 Å². The van der Waals surface area contributed by atoms with Crippen LogP contribution < -0.4 is 10.1 Å².